The van der Waals surface area contributed by atoms with Crippen LogP contribution < -0.4 is 10.6 Å². The summed E-state index contributed by atoms with van der Waals surface area (Å²) < 4.78 is 0. The highest BCUT2D eigenvalue weighted by Gasteiger charge is 2.12. The molecule has 0 radical (unpaired) electrons. The maximum Gasteiger partial charge on any atom is 0.270 e. The molecule has 0 saturated heterocycles. The van der Waals surface area contributed by atoms with Crippen molar-refractivity contribution in [2.24, 2.45) is 0 Å². The lowest BCUT2D eigenvalue weighted by Crippen LogP contribution is -2.25. The van der Waals surface area contributed by atoms with Crippen molar-refractivity contribution in [1.82, 2.24) is 15.3 Å². The Morgan fingerprint density at radius 3 is 2.65 bits per heavy atom. The van der Waals surface area contributed by atoms with E-state index in [1.54, 1.807) is 6.07 Å². The van der Waals surface area contributed by atoms with Gasteiger partial charge in [-0.1, -0.05) is 39.0 Å². The smallest absolute Gasteiger partial charge is 0.270 e. The molecule has 0 spiro atoms. The van der Waals surface area contributed by atoms with E-state index in [9.17, 15) is 4.79 Å². The molecule has 2 aromatic rings. The Labute approximate surface area is 137 Å². The van der Waals surface area contributed by atoms with Crippen LogP contribution in [0.25, 0.3) is 0 Å². The van der Waals surface area contributed by atoms with Crippen LogP contribution in [0.3, 0.4) is 0 Å². The van der Waals surface area contributed by atoms with Crippen molar-refractivity contribution in [1.29, 1.82) is 0 Å². The number of hydrogen-bond donors (Lipinski definition) is 2. The summed E-state index contributed by atoms with van der Waals surface area (Å²) in [4.78, 5) is 20.8. The molecule has 122 valence electrons. The number of hydrogen-bond acceptors (Lipinski definition) is 4. The van der Waals surface area contributed by atoms with E-state index in [0.717, 1.165) is 17.8 Å². The fourth-order valence-corrected chi connectivity index (χ4v) is 2.30. The number of nitrogens with zero attached hydrogens (tertiary/aromatic N) is 2. The zero-order valence-electron chi connectivity index (χ0n) is 14.2. The van der Waals surface area contributed by atoms with Crippen molar-refractivity contribution in [3.63, 3.8) is 0 Å². The molecule has 0 atom stereocenters. The lowest BCUT2D eigenvalue weighted by Gasteiger charge is -2.14. The zero-order valence-corrected chi connectivity index (χ0v) is 14.2. The number of benzene rings is 1. The molecule has 2 rings (SSSR count). The van der Waals surface area contributed by atoms with Crippen molar-refractivity contribution in [3.8, 4) is 0 Å². The van der Waals surface area contributed by atoms with Gasteiger partial charge in [0.15, 0.2) is 0 Å². The van der Waals surface area contributed by atoms with Crippen LogP contribution in [0.5, 0.6) is 0 Å². The highest BCUT2D eigenvalue weighted by Crippen LogP contribution is 2.25. The van der Waals surface area contributed by atoms with Gasteiger partial charge >= 0.3 is 0 Å². The third-order valence-electron chi connectivity index (χ3n) is 3.45. The van der Waals surface area contributed by atoms with Crippen LogP contribution in [0, 0.1) is 6.92 Å². The average Bonchev–Trinajstić information content (AvgIpc) is 2.52. The van der Waals surface area contributed by atoms with E-state index in [1.807, 2.05) is 32.0 Å². The van der Waals surface area contributed by atoms with Gasteiger partial charge < -0.3 is 10.6 Å². The zero-order chi connectivity index (χ0) is 16.8. The topological polar surface area (TPSA) is 66.9 Å². The second-order valence-electron chi connectivity index (χ2n) is 5.84. The second-order valence-corrected chi connectivity index (χ2v) is 5.84. The minimum absolute atomic E-state index is 0.169. The molecule has 1 amide bonds. The fraction of sp³-hybridized carbons (Fsp3) is 0.389. The number of rotatable bonds is 6. The minimum atomic E-state index is -0.169. The first-order valence-corrected chi connectivity index (χ1v) is 8.01. The monoisotopic (exact) mass is 312 g/mol. The third kappa shape index (κ3) is 4.52. The van der Waals surface area contributed by atoms with Crippen molar-refractivity contribution in [3.05, 3.63) is 47.3 Å². The molecule has 0 fully saturated rings. The predicted molar refractivity (Wildman–Crippen MR) is 93.2 cm³/mol. The summed E-state index contributed by atoms with van der Waals surface area (Å²) in [5, 5.41) is 6.08. The molecule has 0 aliphatic carbocycles. The Kier molecular flexibility index (Phi) is 5.68. The Balaban J connectivity index is 2.27. The number of nitrogens with one attached hydrogen (secondary N) is 2. The normalized spacial score (nSPS) is 10.7. The number of carbonyl (C=O) groups is 1. The van der Waals surface area contributed by atoms with E-state index in [-0.39, 0.29) is 5.91 Å². The van der Waals surface area contributed by atoms with Crippen LogP contribution in [0.2, 0.25) is 0 Å². The van der Waals surface area contributed by atoms with Gasteiger partial charge in [-0.15, -0.1) is 0 Å². The standard InChI is InChI=1S/C18H24N4O/c1-5-10-19-17(23)16-11-13(4)20-18(22-16)21-15-9-7-6-8-14(15)12(2)3/h6-9,11-12H,5,10H2,1-4H3,(H,19,23)(H,20,21,22). The van der Waals surface area contributed by atoms with E-state index in [0.29, 0.717) is 24.1 Å². The quantitative estimate of drug-likeness (QED) is 0.851. The summed E-state index contributed by atoms with van der Waals surface area (Å²) in [6, 6.07) is 9.76. The molecule has 5 heteroatoms. The summed E-state index contributed by atoms with van der Waals surface area (Å²) in [5.41, 5.74) is 3.30. The first-order chi connectivity index (χ1) is 11.0. The van der Waals surface area contributed by atoms with Gasteiger partial charge in [0.2, 0.25) is 5.95 Å². The molecule has 0 aliphatic rings. The first kappa shape index (κ1) is 16.9. The largest absolute Gasteiger partial charge is 0.351 e. The molecule has 0 aliphatic heterocycles. The predicted octanol–water partition coefficient (Wildman–Crippen LogP) is 3.79. The van der Waals surface area contributed by atoms with Crippen LogP contribution in [0.4, 0.5) is 11.6 Å². The van der Waals surface area contributed by atoms with Crippen LogP contribution in [-0.2, 0) is 0 Å². The maximum atomic E-state index is 12.1. The summed E-state index contributed by atoms with van der Waals surface area (Å²) in [7, 11) is 0. The van der Waals surface area contributed by atoms with E-state index in [4.69, 9.17) is 0 Å². The molecule has 1 heterocycles. The van der Waals surface area contributed by atoms with E-state index >= 15 is 0 Å². The number of carbonyl (C=O) groups excluding carboxylic acids is 1. The lowest BCUT2D eigenvalue weighted by atomic mass is 10.0. The van der Waals surface area contributed by atoms with Crippen LogP contribution in [-0.4, -0.2) is 22.4 Å². The third-order valence-corrected chi connectivity index (χ3v) is 3.45. The molecule has 1 aromatic carbocycles. The van der Waals surface area contributed by atoms with Gasteiger partial charge in [0, 0.05) is 17.9 Å². The molecule has 0 bridgehead atoms. The Bertz CT molecular complexity index is 682. The average molecular weight is 312 g/mol. The van der Waals surface area contributed by atoms with Gasteiger partial charge in [0.05, 0.1) is 0 Å². The van der Waals surface area contributed by atoms with Crippen molar-refractivity contribution in [2.45, 2.75) is 40.0 Å². The first-order valence-electron chi connectivity index (χ1n) is 8.01. The van der Waals surface area contributed by atoms with Gasteiger partial charge in [-0.25, -0.2) is 9.97 Å². The van der Waals surface area contributed by atoms with Crippen molar-refractivity contribution < 1.29 is 4.79 Å². The molecule has 0 unspecified atom stereocenters. The Morgan fingerprint density at radius 2 is 1.96 bits per heavy atom. The number of anilines is 2. The molecule has 23 heavy (non-hydrogen) atoms. The minimum Gasteiger partial charge on any atom is -0.351 e. The molecular formula is C18H24N4O. The summed E-state index contributed by atoms with van der Waals surface area (Å²) in [5.74, 6) is 0.660. The van der Waals surface area contributed by atoms with Crippen LogP contribution >= 0.6 is 0 Å². The van der Waals surface area contributed by atoms with E-state index < -0.39 is 0 Å². The molecular weight excluding hydrogens is 288 g/mol. The number of para-hydroxylation sites is 1. The maximum absolute atomic E-state index is 12.1. The summed E-state index contributed by atoms with van der Waals surface area (Å²) in [6.07, 6.45) is 0.892. The van der Waals surface area contributed by atoms with Gasteiger partial charge in [0.25, 0.3) is 5.91 Å². The van der Waals surface area contributed by atoms with Crippen molar-refractivity contribution >= 4 is 17.5 Å². The molecule has 2 N–H and O–H groups in total. The van der Waals surface area contributed by atoms with Gasteiger partial charge in [-0.2, -0.15) is 0 Å². The summed E-state index contributed by atoms with van der Waals surface area (Å²) in [6.45, 7) is 8.79. The molecule has 5 nitrogen and oxygen atoms in total. The SMILES string of the molecule is CCCNC(=O)c1cc(C)nc(Nc2ccccc2C(C)C)n1. The van der Waals surface area contributed by atoms with Gasteiger partial charge in [0.1, 0.15) is 5.69 Å². The Hall–Kier alpha value is -2.43. The number of aryl methyl sites for hydroxylation is 1. The van der Waals surface area contributed by atoms with Gasteiger partial charge in [-0.05, 0) is 37.0 Å². The van der Waals surface area contributed by atoms with Crippen LogP contribution in [0.15, 0.2) is 30.3 Å². The number of amides is 1. The van der Waals surface area contributed by atoms with Crippen molar-refractivity contribution in [2.75, 3.05) is 11.9 Å². The highest BCUT2D eigenvalue weighted by atomic mass is 16.1. The molecule has 1 aromatic heterocycles. The summed E-state index contributed by atoms with van der Waals surface area (Å²) >= 11 is 0. The lowest BCUT2D eigenvalue weighted by molar-refractivity contribution is 0.0948. The van der Waals surface area contributed by atoms with Gasteiger partial charge in [-0.3, -0.25) is 4.79 Å². The van der Waals surface area contributed by atoms with E-state index in [1.165, 1.54) is 5.56 Å². The fourth-order valence-electron chi connectivity index (χ4n) is 2.30. The highest BCUT2D eigenvalue weighted by molar-refractivity contribution is 5.92. The van der Waals surface area contributed by atoms with E-state index in [2.05, 4.69) is 40.5 Å². The second kappa shape index (κ2) is 7.72. The molecule has 0 saturated carbocycles. The number of aromatic nitrogens is 2. The van der Waals surface area contributed by atoms with Crippen LogP contribution in [0.1, 0.15) is 54.9 Å². The Morgan fingerprint density at radius 1 is 1.22 bits per heavy atom.